The summed E-state index contributed by atoms with van der Waals surface area (Å²) in [5.41, 5.74) is 0. The summed E-state index contributed by atoms with van der Waals surface area (Å²) in [4.78, 5) is 13.1. The summed E-state index contributed by atoms with van der Waals surface area (Å²) in [6, 6.07) is -1.00. The molecule has 0 spiro atoms. The highest BCUT2D eigenvalue weighted by molar-refractivity contribution is 5.80. The van der Waals surface area contributed by atoms with E-state index in [-0.39, 0.29) is 6.61 Å². The van der Waals surface area contributed by atoms with E-state index >= 15 is 0 Å². The second-order valence-corrected chi connectivity index (χ2v) is 20.9. The number of carbonyl (C=O) groups is 1. The van der Waals surface area contributed by atoms with E-state index < -0.39 is 61.5 Å². The summed E-state index contributed by atoms with van der Waals surface area (Å²) >= 11 is 0. The first kappa shape index (κ1) is 66.4. The van der Waals surface area contributed by atoms with Gasteiger partial charge in [-0.2, -0.15) is 0 Å². The molecule has 70 heavy (non-hydrogen) atoms. The first-order valence-corrected chi connectivity index (χ1v) is 29.8. The van der Waals surface area contributed by atoms with Gasteiger partial charge in [0, 0.05) is 0 Å². The lowest BCUT2D eigenvalue weighted by Crippen LogP contribution is -2.60. The molecule has 10 heteroatoms. The maximum atomic E-state index is 13.1. The molecule has 1 heterocycles. The molecule has 0 saturated carbocycles. The maximum Gasteiger partial charge on any atom is 0.249 e. The average molecular weight is 993 g/mol. The van der Waals surface area contributed by atoms with Crippen molar-refractivity contribution in [3.8, 4) is 0 Å². The van der Waals surface area contributed by atoms with Crippen molar-refractivity contribution >= 4 is 5.91 Å². The Kier molecular flexibility index (Phi) is 47.0. The van der Waals surface area contributed by atoms with Crippen LogP contribution in [0.2, 0.25) is 0 Å². The number of hydrogen-bond acceptors (Lipinski definition) is 9. The minimum absolute atomic E-state index is 0.304. The van der Waals surface area contributed by atoms with E-state index in [0.29, 0.717) is 19.3 Å². The molecule has 1 amide bonds. The van der Waals surface area contributed by atoms with Gasteiger partial charge in [-0.3, -0.25) is 4.79 Å². The third kappa shape index (κ3) is 38.0. The van der Waals surface area contributed by atoms with Gasteiger partial charge < -0.3 is 45.4 Å². The van der Waals surface area contributed by atoms with E-state index in [9.17, 15) is 35.4 Å². The van der Waals surface area contributed by atoms with E-state index in [1.54, 1.807) is 6.08 Å². The van der Waals surface area contributed by atoms with Crippen LogP contribution < -0.4 is 5.32 Å². The molecule has 0 aromatic rings. The van der Waals surface area contributed by atoms with Gasteiger partial charge in [0.25, 0.3) is 0 Å². The normalized spacial score (nSPS) is 20.0. The van der Waals surface area contributed by atoms with Crippen molar-refractivity contribution in [1.29, 1.82) is 0 Å². The first-order chi connectivity index (χ1) is 34.3. The molecule has 8 atom stereocenters. The Bertz CT molecular complexity index is 1210. The lowest BCUT2D eigenvalue weighted by molar-refractivity contribution is -0.302. The fourth-order valence-electron chi connectivity index (χ4n) is 9.49. The Balaban J connectivity index is 2.19. The van der Waals surface area contributed by atoms with Crippen molar-refractivity contribution in [2.75, 3.05) is 13.2 Å². The first-order valence-electron chi connectivity index (χ1n) is 29.8. The van der Waals surface area contributed by atoms with Crippen molar-refractivity contribution < 1.29 is 44.9 Å². The Labute approximate surface area is 430 Å². The Morgan fingerprint density at radius 3 is 1.24 bits per heavy atom. The Morgan fingerprint density at radius 2 is 0.843 bits per heavy atom. The van der Waals surface area contributed by atoms with Gasteiger partial charge in [-0.25, -0.2) is 0 Å². The van der Waals surface area contributed by atoms with Crippen LogP contribution in [0.15, 0.2) is 36.5 Å². The molecule has 412 valence electrons. The van der Waals surface area contributed by atoms with Crippen LogP contribution in [-0.4, -0.2) is 98.7 Å². The minimum Gasteiger partial charge on any atom is -0.394 e. The zero-order chi connectivity index (χ0) is 51.0. The van der Waals surface area contributed by atoms with E-state index in [1.165, 1.54) is 199 Å². The van der Waals surface area contributed by atoms with Crippen LogP contribution in [0.4, 0.5) is 0 Å². The molecule has 10 nitrogen and oxygen atoms in total. The van der Waals surface area contributed by atoms with Gasteiger partial charge in [-0.15, -0.1) is 0 Å². The molecule has 0 bridgehead atoms. The third-order valence-electron chi connectivity index (χ3n) is 14.3. The number of rotatable bonds is 51. The predicted octanol–water partition coefficient (Wildman–Crippen LogP) is 13.7. The summed E-state index contributed by atoms with van der Waals surface area (Å²) in [5.74, 6) is -0.626. The third-order valence-corrected chi connectivity index (χ3v) is 14.3. The van der Waals surface area contributed by atoms with Crippen molar-refractivity contribution in [3.05, 3.63) is 36.5 Å². The fourth-order valence-corrected chi connectivity index (χ4v) is 9.49. The van der Waals surface area contributed by atoms with Gasteiger partial charge in [-0.05, 0) is 44.9 Å². The molecule has 0 aromatic carbocycles. The highest BCUT2D eigenvalue weighted by Crippen LogP contribution is 2.23. The van der Waals surface area contributed by atoms with Crippen molar-refractivity contribution in [2.24, 2.45) is 0 Å². The number of aliphatic hydroxyl groups is 6. The number of hydrogen-bond donors (Lipinski definition) is 7. The van der Waals surface area contributed by atoms with Gasteiger partial charge in [-0.1, -0.05) is 269 Å². The summed E-state index contributed by atoms with van der Waals surface area (Å²) in [6.07, 6.45) is 54.1. The number of allylic oxidation sites excluding steroid dienone is 5. The number of ether oxygens (including phenoxy) is 2. The highest BCUT2D eigenvalue weighted by Gasteiger charge is 2.44. The summed E-state index contributed by atoms with van der Waals surface area (Å²) in [5, 5.41) is 65.0. The summed E-state index contributed by atoms with van der Waals surface area (Å²) in [7, 11) is 0. The molecular formula is C60H113NO9. The van der Waals surface area contributed by atoms with Crippen LogP contribution in [0, 0.1) is 0 Å². The van der Waals surface area contributed by atoms with Crippen LogP contribution in [-0.2, 0) is 14.3 Å². The van der Waals surface area contributed by atoms with Gasteiger partial charge >= 0.3 is 0 Å². The van der Waals surface area contributed by atoms with Crippen molar-refractivity contribution in [3.63, 3.8) is 0 Å². The number of carbonyl (C=O) groups excluding carboxylic acids is 1. The molecule has 0 aliphatic carbocycles. The number of nitrogens with one attached hydrogen (secondary N) is 1. The highest BCUT2D eigenvalue weighted by atomic mass is 16.7. The van der Waals surface area contributed by atoms with Gasteiger partial charge in [0.05, 0.1) is 25.4 Å². The van der Waals surface area contributed by atoms with Crippen LogP contribution >= 0.6 is 0 Å². The number of amides is 1. The molecule has 0 aromatic heterocycles. The average Bonchev–Trinajstić information content (AvgIpc) is 3.36. The molecular weight excluding hydrogens is 879 g/mol. The van der Waals surface area contributed by atoms with Crippen LogP contribution in [0.1, 0.15) is 277 Å². The van der Waals surface area contributed by atoms with E-state index in [4.69, 9.17) is 9.47 Å². The smallest absolute Gasteiger partial charge is 0.249 e. The van der Waals surface area contributed by atoms with Crippen molar-refractivity contribution in [1.82, 2.24) is 5.32 Å². The molecule has 1 aliphatic heterocycles. The van der Waals surface area contributed by atoms with E-state index in [2.05, 4.69) is 43.5 Å². The predicted molar refractivity (Wildman–Crippen MR) is 292 cm³/mol. The monoisotopic (exact) mass is 992 g/mol. The molecule has 8 unspecified atom stereocenters. The van der Waals surface area contributed by atoms with Gasteiger partial charge in [0.15, 0.2) is 6.29 Å². The molecule has 0 radical (unpaired) electrons. The topological polar surface area (TPSA) is 169 Å². The van der Waals surface area contributed by atoms with Crippen LogP contribution in [0.3, 0.4) is 0 Å². The largest absolute Gasteiger partial charge is 0.394 e. The zero-order valence-electron chi connectivity index (χ0n) is 45.4. The molecule has 1 aliphatic rings. The van der Waals surface area contributed by atoms with Crippen LogP contribution in [0.25, 0.3) is 0 Å². The van der Waals surface area contributed by atoms with Crippen molar-refractivity contribution in [2.45, 2.75) is 326 Å². The second-order valence-electron chi connectivity index (χ2n) is 20.9. The second kappa shape index (κ2) is 49.6. The molecule has 1 fully saturated rings. The van der Waals surface area contributed by atoms with Gasteiger partial charge in [0.1, 0.15) is 30.5 Å². The zero-order valence-corrected chi connectivity index (χ0v) is 45.4. The summed E-state index contributed by atoms with van der Waals surface area (Å²) in [6.45, 7) is 3.60. The maximum absolute atomic E-state index is 13.1. The number of unbranched alkanes of at least 4 members (excludes halogenated alkanes) is 36. The Hall–Kier alpha value is -1.63. The Morgan fingerprint density at radius 1 is 0.486 bits per heavy atom. The summed E-state index contributed by atoms with van der Waals surface area (Å²) < 4.78 is 11.2. The lowest BCUT2D eigenvalue weighted by Gasteiger charge is -2.40. The molecule has 7 N–H and O–H groups in total. The molecule has 1 rings (SSSR count). The SMILES string of the molecule is CCCCCCC/C=C/CC/C=C/CC/C=C/C(O)C(COC1OC(CO)C(O)C(O)C1O)NC(=O)C(O)CCCCCCCCCCCCCCCCCCCCCCCCCCCCCCCC. The lowest BCUT2D eigenvalue weighted by atomic mass is 9.99. The number of aliphatic hydroxyl groups excluding tert-OH is 6. The van der Waals surface area contributed by atoms with E-state index in [1.807, 2.05) is 6.08 Å². The molecule has 1 saturated heterocycles. The fraction of sp³-hybridized carbons (Fsp3) is 0.883. The standard InChI is InChI=1S/C60H113NO9/c1-3-5-7-9-11-13-15-17-19-20-21-22-23-24-25-26-27-28-29-30-31-32-33-35-37-39-41-43-45-47-49-54(64)59(68)61-52(51-69-60-58(67)57(66)56(65)55(50-62)70-60)53(63)48-46-44-42-40-38-36-34-18-16-14-12-10-8-6-4-2/h16,18,38,40,46,48,52-58,60,62-67H,3-15,17,19-37,39,41-45,47,49-51H2,1-2H3,(H,61,68)/b18-16+,40-38+,48-46+. The van der Waals surface area contributed by atoms with E-state index in [0.717, 1.165) is 44.9 Å². The van der Waals surface area contributed by atoms with Crippen LogP contribution in [0.5, 0.6) is 0 Å². The minimum atomic E-state index is -1.62. The van der Waals surface area contributed by atoms with Gasteiger partial charge in [0.2, 0.25) is 5.91 Å². The quantitative estimate of drug-likeness (QED) is 0.0232.